The highest BCUT2D eigenvalue weighted by molar-refractivity contribution is 5.97. The molecule has 7 heteroatoms. The van der Waals surface area contributed by atoms with Crippen molar-refractivity contribution in [1.29, 1.82) is 0 Å². The van der Waals surface area contributed by atoms with Crippen LogP contribution in [0.3, 0.4) is 0 Å². The highest BCUT2D eigenvalue weighted by Crippen LogP contribution is 2.18. The third kappa shape index (κ3) is 3.68. The highest BCUT2D eigenvalue weighted by atomic mass is 16.5. The average molecular weight is 293 g/mol. The summed E-state index contributed by atoms with van der Waals surface area (Å²) in [4.78, 5) is 23.1. The van der Waals surface area contributed by atoms with Crippen LogP contribution >= 0.6 is 0 Å². The number of hydrogen-bond donors (Lipinski definition) is 2. The van der Waals surface area contributed by atoms with Gasteiger partial charge in [-0.3, -0.25) is 10.6 Å². The molecule has 0 bridgehead atoms. The van der Waals surface area contributed by atoms with Crippen LogP contribution in [0.25, 0.3) is 0 Å². The molecular weight excluding hydrogens is 270 g/mol. The summed E-state index contributed by atoms with van der Waals surface area (Å²) in [6.45, 7) is 7.83. The number of amides is 1. The first-order valence-corrected chi connectivity index (χ1v) is 7.27. The molecule has 2 heterocycles. The number of aromatic nitrogens is 2. The Morgan fingerprint density at radius 1 is 1.57 bits per heavy atom. The van der Waals surface area contributed by atoms with Crippen LogP contribution in [-0.4, -0.2) is 46.6 Å². The molecule has 21 heavy (non-hydrogen) atoms. The Kier molecular flexibility index (Phi) is 5.08. The Bertz CT molecular complexity index is 506. The quantitative estimate of drug-likeness (QED) is 0.641. The fraction of sp³-hybridized carbons (Fsp3) is 0.643. The van der Waals surface area contributed by atoms with Gasteiger partial charge in [-0.2, -0.15) is 0 Å². The highest BCUT2D eigenvalue weighted by Gasteiger charge is 2.25. The minimum Gasteiger partial charge on any atom is -0.377 e. The molecule has 1 aromatic heterocycles. The second kappa shape index (κ2) is 6.82. The van der Waals surface area contributed by atoms with Gasteiger partial charge in [0.15, 0.2) is 5.69 Å². The van der Waals surface area contributed by atoms with Crippen molar-refractivity contribution in [2.24, 2.45) is 5.84 Å². The lowest BCUT2D eigenvalue weighted by atomic mass is 10.2. The minimum atomic E-state index is -0.135. The predicted molar refractivity (Wildman–Crippen MR) is 79.9 cm³/mol. The molecule has 1 unspecified atom stereocenters. The Morgan fingerprint density at radius 2 is 2.33 bits per heavy atom. The van der Waals surface area contributed by atoms with E-state index in [1.807, 2.05) is 20.8 Å². The second-order valence-corrected chi connectivity index (χ2v) is 5.58. The van der Waals surface area contributed by atoms with E-state index >= 15 is 0 Å². The molecule has 1 aliphatic rings. The Labute approximate surface area is 124 Å². The standard InChI is InChI=1S/C14H23N5O2/c1-9(2)13-16-7-11(18-15)12(17-13)14(20)19-5-4-6-21-10(3)8-19/h7,9-10,18H,4-6,8,15H2,1-3H3. The van der Waals surface area contributed by atoms with Gasteiger partial charge in [-0.15, -0.1) is 0 Å². The number of anilines is 1. The Hall–Kier alpha value is -1.73. The maximum absolute atomic E-state index is 12.7. The number of nitrogens with two attached hydrogens (primary N) is 1. The number of rotatable bonds is 3. The lowest BCUT2D eigenvalue weighted by molar-refractivity contribution is 0.0559. The molecule has 3 N–H and O–H groups in total. The summed E-state index contributed by atoms with van der Waals surface area (Å²) in [5.41, 5.74) is 3.28. The van der Waals surface area contributed by atoms with Crippen LogP contribution in [0.5, 0.6) is 0 Å². The van der Waals surface area contributed by atoms with Crippen molar-refractivity contribution in [2.75, 3.05) is 25.1 Å². The third-order valence-electron chi connectivity index (χ3n) is 3.42. The van der Waals surface area contributed by atoms with E-state index in [-0.39, 0.29) is 17.9 Å². The summed E-state index contributed by atoms with van der Waals surface area (Å²) in [6.07, 6.45) is 2.41. The van der Waals surface area contributed by atoms with Gasteiger partial charge in [-0.05, 0) is 13.3 Å². The van der Waals surface area contributed by atoms with Gasteiger partial charge in [0.05, 0.1) is 18.0 Å². The van der Waals surface area contributed by atoms with E-state index in [4.69, 9.17) is 10.6 Å². The summed E-state index contributed by atoms with van der Waals surface area (Å²) in [5.74, 6) is 6.13. The summed E-state index contributed by atoms with van der Waals surface area (Å²) in [6, 6.07) is 0. The molecular formula is C14H23N5O2. The van der Waals surface area contributed by atoms with Gasteiger partial charge in [0, 0.05) is 25.6 Å². The van der Waals surface area contributed by atoms with Crippen molar-refractivity contribution in [3.8, 4) is 0 Å². The summed E-state index contributed by atoms with van der Waals surface area (Å²) >= 11 is 0. The molecule has 7 nitrogen and oxygen atoms in total. The SMILES string of the molecule is CC1CN(C(=O)c2nc(C(C)C)ncc2NN)CCCO1. The topological polar surface area (TPSA) is 93.4 Å². The summed E-state index contributed by atoms with van der Waals surface area (Å²) in [5, 5.41) is 0. The van der Waals surface area contributed by atoms with E-state index in [9.17, 15) is 4.79 Å². The number of nitrogens with one attached hydrogen (secondary N) is 1. The molecule has 1 amide bonds. The van der Waals surface area contributed by atoms with Gasteiger partial charge >= 0.3 is 0 Å². The molecule has 0 radical (unpaired) electrons. The van der Waals surface area contributed by atoms with E-state index in [2.05, 4.69) is 15.4 Å². The molecule has 116 valence electrons. The van der Waals surface area contributed by atoms with E-state index in [0.717, 1.165) is 6.42 Å². The second-order valence-electron chi connectivity index (χ2n) is 5.58. The zero-order chi connectivity index (χ0) is 15.4. The number of hydrogen-bond acceptors (Lipinski definition) is 6. The lowest BCUT2D eigenvalue weighted by Gasteiger charge is -2.23. The van der Waals surface area contributed by atoms with Gasteiger partial charge in [0.25, 0.3) is 5.91 Å². The average Bonchev–Trinajstić information content (AvgIpc) is 2.70. The van der Waals surface area contributed by atoms with Crippen molar-refractivity contribution in [3.05, 3.63) is 17.7 Å². The van der Waals surface area contributed by atoms with Gasteiger partial charge in [-0.1, -0.05) is 13.8 Å². The molecule has 1 aromatic rings. The van der Waals surface area contributed by atoms with E-state index in [0.29, 0.717) is 36.9 Å². The van der Waals surface area contributed by atoms with Crippen molar-refractivity contribution in [2.45, 2.75) is 39.2 Å². The van der Waals surface area contributed by atoms with Gasteiger partial charge in [-0.25, -0.2) is 9.97 Å². The first-order valence-electron chi connectivity index (χ1n) is 7.27. The number of nitrogen functional groups attached to an aromatic ring is 1. The van der Waals surface area contributed by atoms with Crippen molar-refractivity contribution >= 4 is 11.6 Å². The zero-order valence-corrected chi connectivity index (χ0v) is 12.8. The van der Waals surface area contributed by atoms with Crippen LogP contribution in [0.4, 0.5) is 5.69 Å². The Morgan fingerprint density at radius 3 is 3.00 bits per heavy atom. The normalized spacial score (nSPS) is 19.5. The maximum atomic E-state index is 12.7. The van der Waals surface area contributed by atoms with Crippen LogP contribution in [0.1, 0.15) is 49.4 Å². The molecule has 0 saturated carbocycles. The Balaban J connectivity index is 2.29. The molecule has 1 atom stereocenters. The van der Waals surface area contributed by atoms with E-state index < -0.39 is 0 Å². The van der Waals surface area contributed by atoms with E-state index in [1.54, 1.807) is 11.1 Å². The number of carbonyl (C=O) groups excluding carboxylic acids is 1. The smallest absolute Gasteiger partial charge is 0.274 e. The molecule has 1 aliphatic heterocycles. The number of nitrogens with zero attached hydrogens (tertiary/aromatic N) is 3. The lowest BCUT2D eigenvalue weighted by Crippen LogP contribution is -2.37. The molecule has 0 aliphatic carbocycles. The number of carbonyl (C=O) groups is 1. The summed E-state index contributed by atoms with van der Waals surface area (Å²) < 4.78 is 5.57. The molecule has 0 aromatic carbocycles. The first kappa shape index (κ1) is 15.7. The van der Waals surface area contributed by atoms with Crippen LogP contribution in [0.15, 0.2) is 6.20 Å². The minimum absolute atomic E-state index is 0.0251. The monoisotopic (exact) mass is 293 g/mol. The third-order valence-corrected chi connectivity index (χ3v) is 3.42. The van der Waals surface area contributed by atoms with Crippen molar-refractivity contribution in [3.63, 3.8) is 0 Å². The van der Waals surface area contributed by atoms with Crippen LogP contribution in [0, 0.1) is 0 Å². The van der Waals surface area contributed by atoms with Gasteiger partial charge in [0.1, 0.15) is 5.82 Å². The molecule has 1 fully saturated rings. The van der Waals surface area contributed by atoms with Gasteiger partial charge < -0.3 is 15.1 Å². The fourth-order valence-electron chi connectivity index (χ4n) is 2.27. The first-order chi connectivity index (χ1) is 10.0. The van der Waals surface area contributed by atoms with E-state index in [1.165, 1.54) is 0 Å². The molecule has 2 rings (SSSR count). The van der Waals surface area contributed by atoms with Crippen molar-refractivity contribution in [1.82, 2.24) is 14.9 Å². The fourth-order valence-corrected chi connectivity index (χ4v) is 2.27. The predicted octanol–water partition coefficient (Wildman–Crippen LogP) is 1.14. The number of ether oxygens (including phenoxy) is 1. The summed E-state index contributed by atoms with van der Waals surface area (Å²) in [7, 11) is 0. The molecule has 0 spiro atoms. The van der Waals surface area contributed by atoms with Crippen LogP contribution < -0.4 is 11.3 Å². The largest absolute Gasteiger partial charge is 0.377 e. The van der Waals surface area contributed by atoms with Crippen LogP contribution in [-0.2, 0) is 4.74 Å². The molecule has 1 saturated heterocycles. The zero-order valence-electron chi connectivity index (χ0n) is 12.8. The van der Waals surface area contributed by atoms with Crippen molar-refractivity contribution < 1.29 is 9.53 Å². The van der Waals surface area contributed by atoms with Gasteiger partial charge in [0.2, 0.25) is 0 Å². The van der Waals surface area contributed by atoms with Crippen LogP contribution in [0.2, 0.25) is 0 Å². The maximum Gasteiger partial charge on any atom is 0.274 e. The number of hydrazine groups is 1.